The van der Waals surface area contributed by atoms with Gasteiger partial charge < -0.3 is 24.8 Å². The third-order valence-corrected chi connectivity index (χ3v) is 9.99. The van der Waals surface area contributed by atoms with Crippen LogP contribution in [0.3, 0.4) is 0 Å². The Kier molecular flexibility index (Phi) is 12.9. The quantitative estimate of drug-likeness (QED) is 0.342. The molecule has 0 radical (unpaired) electrons. The Morgan fingerprint density at radius 2 is 1.95 bits per heavy atom. The van der Waals surface area contributed by atoms with E-state index in [1.807, 2.05) is 17.3 Å². The third kappa shape index (κ3) is 5.79. The minimum Gasteiger partial charge on any atom is -1.00 e. The molecule has 1 saturated heterocycles. The zero-order chi connectivity index (χ0) is 12.1. The maximum Gasteiger partial charge on any atom is 0.0816 e. The molecule has 1 fully saturated rings. The summed E-state index contributed by atoms with van der Waals surface area (Å²) < 4.78 is 0. The molecule has 2 aliphatic carbocycles. The molecule has 0 spiro atoms. The molecule has 0 N–H and O–H groups in total. The SMILES string of the molecule is CC[Si]1(C2=CC(C)=CC2)CCC1.[C-]1=CC=CC1.[Cl-].[Cl-].[Hf]. The van der Waals surface area contributed by atoms with Gasteiger partial charge in [-0.2, -0.15) is 6.08 Å². The monoisotopic (exact) mass is 493 g/mol. The van der Waals surface area contributed by atoms with Crippen LogP contribution in [0.1, 0.15) is 33.1 Å². The van der Waals surface area contributed by atoms with E-state index in [1.54, 1.807) is 12.1 Å². The van der Waals surface area contributed by atoms with E-state index in [-0.39, 0.29) is 50.7 Å². The summed E-state index contributed by atoms with van der Waals surface area (Å²) in [6.07, 6.45) is 17.7. The van der Waals surface area contributed by atoms with E-state index in [0.717, 1.165) is 6.42 Å². The van der Waals surface area contributed by atoms with Crippen LogP contribution in [-0.4, -0.2) is 8.07 Å². The summed E-state index contributed by atoms with van der Waals surface area (Å²) in [5.41, 5.74) is 1.51. The molecular formula is C16H23Cl2HfSi-3. The van der Waals surface area contributed by atoms with E-state index < -0.39 is 8.07 Å². The van der Waals surface area contributed by atoms with Crippen LogP contribution in [-0.2, 0) is 25.8 Å². The van der Waals surface area contributed by atoms with Crippen LogP contribution >= 0.6 is 0 Å². The van der Waals surface area contributed by atoms with Crippen LogP contribution in [0.25, 0.3) is 0 Å². The Morgan fingerprint density at radius 1 is 1.25 bits per heavy atom. The third-order valence-electron chi connectivity index (χ3n) is 4.30. The van der Waals surface area contributed by atoms with E-state index in [4.69, 9.17) is 0 Å². The summed E-state index contributed by atoms with van der Waals surface area (Å²) in [6, 6.07) is 4.65. The van der Waals surface area contributed by atoms with Crippen molar-refractivity contribution in [3.05, 3.63) is 47.2 Å². The van der Waals surface area contributed by atoms with Gasteiger partial charge >= 0.3 is 0 Å². The van der Waals surface area contributed by atoms with Gasteiger partial charge in [-0.15, -0.1) is 6.42 Å². The fraction of sp³-hybridized carbons (Fsp3) is 0.500. The molecule has 0 aromatic heterocycles. The number of hydrogen-bond donors (Lipinski definition) is 0. The van der Waals surface area contributed by atoms with Crippen molar-refractivity contribution in [2.24, 2.45) is 0 Å². The van der Waals surface area contributed by atoms with Crippen molar-refractivity contribution >= 4 is 8.07 Å². The molecule has 0 unspecified atom stereocenters. The molecule has 0 aromatic rings. The van der Waals surface area contributed by atoms with Gasteiger partial charge in [0, 0.05) is 25.8 Å². The van der Waals surface area contributed by atoms with Crippen molar-refractivity contribution in [3.63, 3.8) is 0 Å². The number of halogens is 2. The van der Waals surface area contributed by atoms with E-state index in [1.165, 1.54) is 24.5 Å². The first kappa shape index (κ1) is 22.9. The maximum atomic E-state index is 2.99. The molecule has 3 aliphatic rings. The molecule has 0 bridgehead atoms. The molecule has 4 heteroatoms. The number of hydrogen-bond acceptors (Lipinski definition) is 0. The van der Waals surface area contributed by atoms with Crippen molar-refractivity contribution in [2.75, 3.05) is 0 Å². The molecule has 112 valence electrons. The Hall–Kier alpha value is 0.627. The van der Waals surface area contributed by atoms with Crippen LogP contribution in [0.15, 0.2) is 41.1 Å². The van der Waals surface area contributed by atoms with E-state index in [0.29, 0.717) is 0 Å². The predicted octanol–water partition coefficient (Wildman–Crippen LogP) is -1.01. The molecule has 0 aromatic carbocycles. The summed E-state index contributed by atoms with van der Waals surface area (Å²) in [4.78, 5) is 0. The second-order valence-electron chi connectivity index (χ2n) is 5.31. The fourth-order valence-corrected chi connectivity index (χ4v) is 6.96. The predicted molar refractivity (Wildman–Crippen MR) is 78.5 cm³/mol. The molecule has 0 saturated carbocycles. The van der Waals surface area contributed by atoms with Crippen LogP contribution in [0.4, 0.5) is 0 Å². The molecule has 20 heavy (non-hydrogen) atoms. The summed E-state index contributed by atoms with van der Waals surface area (Å²) >= 11 is 0. The molecular weight excluding hydrogens is 470 g/mol. The number of rotatable bonds is 2. The molecule has 1 aliphatic heterocycles. The van der Waals surface area contributed by atoms with Crippen molar-refractivity contribution in [3.8, 4) is 0 Å². The first-order chi connectivity index (χ1) is 8.27. The van der Waals surface area contributed by atoms with Crippen molar-refractivity contribution < 1.29 is 50.7 Å². The average molecular weight is 493 g/mol. The second-order valence-corrected chi connectivity index (χ2v) is 10.2. The topological polar surface area (TPSA) is 0 Å². The zero-order valence-electron chi connectivity index (χ0n) is 12.4. The zero-order valence-corrected chi connectivity index (χ0v) is 18.5. The van der Waals surface area contributed by atoms with Gasteiger partial charge in [-0.25, -0.2) is 12.2 Å². The molecule has 0 amide bonds. The Balaban J connectivity index is 0. The number of allylic oxidation sites excluding steroid dienone is 8. The summed E-state index contributed by atoms with van der Waals surface area (Å²) in [5, 5.41) is 1.86. The van der Waals surface area contributed by atoms with E-state index >= 15 is 0 Å². The second kappa shape index (κ2) is 11.2. The standard InChI is InChI=1S/C11H18Si.C5H5.2ClH.Hf/c1-3-12(7-4-8-12)11-6-5-10(2)9-11;1-2-4-5-3-1;;;/h5,9H,3-4,6-8H2,1-2H3;1-3H,4H2;2*1H;/q;-1;;;/p-2. The van der Waals surface area contributed by atoms with Gasteiger partial charge in [-0.1, -0.05) is 54.4 Å². The van der Waals surface area contributed by atoms with Gasteiger partial charge in [0.15, 0.2) is 0 Å². The minimum atomic E-state index is -0.816. The minimum absolute atomic E-state index is 0. The molecule has 1 heterocycles. The van der Waals surface area contributed by atoms with Gasteiger partial charge in [0.2, 0.25) is 0 Å². The van der Waals surface area contributed by atoms with E-state index in [9.17, 15) is 0 Å². The summed E-state index contributed by atoms with van der Waals surface area (Å²) in [7, 11) is -0.816. The van der Waals surface area contributed by atoms with Gasteiger partial charge in [0.25, 0.3) is 0 Å². The molecule has 0 atom stereocenters. The van der Waals surface area contributed by atoms with Gasteiger partial charge in [0.05, 0.1) is 8.07 Å². The van der Waals surface area contributed by atoms with Gasteiger partial charge in [-0.3, -0.25) is 6.08 Å². The fourth-order valence-electron chi connectivity index (χ4n) is 2.88. The first-order valence-electron chi connectivity index (χ1n) is 6.86. The normalized spacial score (nSPS) is 20.1. The van der Waals surface area contributed by atoms with Gasteiger partial charge in [0.1, 0.15) is 0 Å². The largest absolute Gasteiger partial charge is 1.00 e. The summed E-state index contributed by atoms with van der Waals surface area (Å²) in [5.74, 6) is 0. The van der Waals surface area contributed by atoms with Crippen LogP contribution < -0.4 is 24.8 Å². The van der Waals surface area contributed by atoms with Crippen LogP contribution in [0.5, 0.6) is 0 Å². The Labute approximate surface area is 156 Å². The van der Waals surface area contributed by atoms with Crippen molar-refractivity contribution in [2.45, 2.75) is 51.2 Å². The Bertz CT molecular complexity index is 378. The van der Waals surface area contributed by atoms with E-state index in [2.05, 4.69) is 38.2 Å². The maximum absolute atomic E-state index is 2.99. The van der Waals surface area contributed by atoms with Crippen molar-refractivity contribution in [1.82, 2.24) is 0 Å². The van der Waals surface area contributed by atoms with Gasteiger partial charge in [-0.05, 0) is 13.3 Å². The first-order valence-corrected chi connectivity index (χ1v) is 9.48. The molecule has 0 nitrogen and oxygen atoms in total. The molecule has 3 rings (SSSR count). The Morgan fingerprint density at radius 3 is 2.20 bits per heavy atom. The van der Waals surface area contributed by atoms with Crippen molar-refractivity contribution in [1.29, 1.82) is 0 Å². The van der Waals surface area contributed by atoms with Crippen LogP contribution in [0, 0.1) is 6.08 Å². The van der Waals surface area contributed by atoms with Crippen LogP contribution in [0.2, 0.25) is 18.1 Å². The smallest absolute Gasteiger partial charge is 0.0816 e. The summed E-state index contributed by atoms with van der Waals surface area (Å²) in [6.45, 7) is 4.64. The average Bonchev–Trinajstić information content (AvgIpc) is 2.91.